The Balaban J connectivity index is 2.55. The molecule has 0 aromatic heterocycles. The molecule has 0 spiro atoms. The molecule has 0 aliphatic rings. The van der Waals surface area contributed by atoms with Gasteiger partial charge in [0.15, 0.2) is 0 Å². The highest BCUT2D eigenvalue weighted by Crippen LogP contribution is 2.40. The SMILES string of the molecule is CCCP(c1cc(C)ccc1O)c1cc(C)ccc1O. The fourth-order valence-corrected chi connectivity index (χ4v) is 4.90. The van der Waals surface area contributed by atoms with Crippen LogP contribution in [0.25, 0.3) is 0 Å². The van der Waals surface area contributed by atoms with E-state index in [0.29, 0.717) is 11.5 Å². The van der Waals surface area contributed by atoms with Crippen LogP contribution in [0.1, 0.15) is 24.5 Å². The lowest BCUT2D eigenvalue weighted by molar-refractivity contribution is 0.479. The molecule has 3 heteroatoms. The number of phenols is 2. The minimum atomic E-state index is -0.725. The van der Waals surface area contributed by atoms with Crippen LogP contribution in [-0.2, 0) is 0 Å². The van der Waals surface area contributed by atoms with Crippen LogP contribution in [0.15, 0.2) is 36.4 Å². The molecule has 106 valence electrons. The maximum Gasteiger partial charge on any atom is 0.123 e. The summed E-state index contributed by atoms with van der Waals surface area (Å²) in [5.74, 6) is 0.659. The second kappa shape index (κ2) is 6.28. The number of hydrogen-bond donors (Lipinski definition) is 2. The zero-order chi connectivity index (χ0) is 14.7. The van der Waals surface area contributed by atoms with Gasteiger partial charge in [-0.05, 0) is 52.2 Å². The Morgan fingerprint density at radius 2 is 1.30 bits per heavy atom. The molecule has 2 N–H and O–H groups in total. The van der Waals surface area contributed by atoms with Gasteiger partial charge in [-0.2, -0.15) is 0 Å². The summed E-state index contributed by atoms with van der Waals surface area (Å²) in [5.41, 5.74) is 2.27. The molecule has 0 saturated heterocycles. The summed E-state index contributed by atoms with van der Waals surface area (Å²) in [5, 5.41) is 22.3. The zero-order valence-electron chi connectivity index (χ0n) is 12.2. The second-order valence-electron chi connectivity index (χ2n) is 5.14. The van der Waals surface area contributed by atoms with Gasteiger partial charge >= 0.3 is 0 Å². The molecular formula is C17H21O2P. The Kier molecular flexibility index (Phi) is 4.67. The van der Waals surface area contributed by atoms with Gasteiger partial charge in [0.1, 0.15) is 11.5 Å². The predicted octanol–water partition coefficient (Wildman–Crippen LogP) is 3.56. The third-order valence-electron chi connectivity index (χ3n) is 3.29. The maximum absolute atomic E-state index is 10.2. The second-order valence-corrected chi connectivity index (χ2v) is 7.40. The van der Waals surface area contributed by atoms with Crippen LogP contribution < -0.4 is 10.6 Å². The van der Waals surface area contributed by atoms with Crippen LogP contribution >= 0.6 is 7.92 Å². The highest BCUT2D eigenvalue weighted by atomic mass is 31.1. The first-order valence-electron chi connectivity index (χ1n) is 6.89. The summed E-state index contributed by atoms with van der Waals surface area (Å²) in [7, 11) is -0.725. The fourth-order valence-electron chi connectivity index (χ4n) is 2.29. The highest BCUT2D eigenvalue weighted by Gasteiger charge is 2.19. The van der Waals surface area contributed by atoms with E-state index in [4.69, 9.17) is 0 Å². The number of rotatable bonds is 4. The number of phenolic OH excluding ortho intramolecular Hbond substituents is 2. The molecule has 0 amide bonds. The Hall–Kier alpha value is -1.53. The van der Waals surface area contributed by atoms with Gasteiger partial charge in [-0.3, -0.25) is 0 Å². The summed E-state index contributed by atoms with van der Waals surface area (Å²) in [6, 6.07) is 11.4. The smallest absolute Gasteiger partial charge is 0.123 e. The zero-order valence-corrected chi connectivity index (χ0v) is 13.1. The van der Waals surface area contributed by atoms with Crippen molar-refractivity contribution in [3.63, 3.8) is 0 Å². The minimum absolute atomic E-state index is 0.330. The molecule has 0 unspecified atom stereocenters. The molecule has 2 aromatic rings. The van der Waals surface area contributed by atoms with Crippen molar-refractivity contribution in [3.8, 4) is 11.5 Å². The van der Waals surface area contributed by atoms with E-state index in [9.17, 15) is 10.2 Å². The van der Waals surface area contributed by atoms with Gasteiger partial charge in [0.05, 0.1) is 0 Å². The summed E-state index contributed by atoms with van der Waals surface area (Å²) in [4.78, 5) is 0. The van der Waals surface area contributed by atoms with E-state index in [0.717, 1.165) is 34.3 Å². The molecule has 0 aliphatic carbocycles. The van der Waals surface area contributed by atoms with E-state index in [1.165, 1.54) is 0 Å². The quantitative estimate of drug-likeness (QED) is 0.845. The molecular weight excluding hydrogens is 267 g/mol. The van der Waals surface area contributed by atoms with E-state index in [2.05, 4.69) is 6.92 Å². The summed E-state index contributed by atoms with van der Waals surface area (Å²) in [6.45, 7) is 6.19. The average Bonchev–Trinajstić information content (AvgIpc) is 2.42. The van der Waals surface area contributed by atoms with Crippen LogP contribution in [0.2, 0.25) is 0 Å². The highest BCUT2D eigenvalue weighted by molar-refractivity contribution is 7.73. The molecule has 0 bridgehead atoms. The molecule has 2 aromatic carbocycles. The molecule has 0 heterocycles. The molecule has 0 aliphatic heterocycles. The average molecular weight is 288 g/mol. The maximum atomic E-state index is 10.2. The minimum Gasteiger partial charge on any atom is -0.507 e. The normalized spacial score (nSPS) is 11.0. The predicted molar refractivity (Wildman–Crippen MR) is 87.0 cm³/mol. The van der Waals surface area contributed by atoms with Crippen LogP contribution in [0, 0.1) is 13.8 Å². The lowest BCUT2D eigenvalue weighted by atomic mass is 10.2. The number of hydrogen-bond acceptors (Lipinski definition) is 2. The van der Waals surface area contributed by atoms with Crippen molar-refractivity contribution in [3.05, 3.63) is 47.5 Å². The number of benzene rings is 2. The van der Waals surface area contributed by atoms with Gasteiger partial charge in [-0.1, -0.05) is 36.6 Å². The molecule has 0 fully saturated rings. The van der Waals surface area contributed by atoms with Crippen molar-refractivity contribution < 1.29 is 10.2 Å². The summed E-state index contributed by atoms with van der Waals surface area (Å²) in [6.07, 6.45) is 1.98. The van der Waals surface area contributed by atoms with Crippen molar-refractivity contribution in [1.29, 1.82) is 0 Å². The van der Waals surface area contributed by atoms with Crippen molar-refractivity contribution in [2.24, 2.45) is 0 Å². The van der Waals surface area contributed by atoms with Gasteiger partial charge in [0.2, 0.25) is 0 Å². The Morgan fingerprint density at radius 3 is 1.70 bits per heavy atom. The van der Waals surface area contributed by atoms with Crippen molar-refractivity contribution >= 4 is 18.5 Å². The summed E-state index contributed by atoms with van der Waals surface area (Å²) >= 11 is 0. The molecule has 0 atom stereocenters. The first-order valence-corrected chi connectivity index (χ1v) is 8.42. The number of aryl methyl sites for hydroxylation is 2. The van der Waals surface area contributed by atoms with Crippen LogP contribution in [0.5, 0.6) is 11.5 Å². The third kappa shape index (κ3) is 3.13. The fraction of sp³-hybridized carbons (Fsp3) is 0.294. The van der Waals surface area contributed by atoms with Gasteiger partial charge in [-0.25, -0.2) is 0 Å². The first kappa shape index (κ1) is 14.9. The van der Waals surface area contributed by atoms with Crippen LogP contribution in [0.3, 0.4) is 0 Å². The molecule has 0 saturated carbocycles. The standard InChI is InChI=1S/C17H21O2P/c1-4-9-20(16-10-12(2)5-7-14(16)18)17-11-13(3)6-8-15(17)19/h5-8,10-11,18-19H,4,9H2,1-3H3. The van der Waals surface area contributed by atoms with Crippen molar-refractivity contribution in [1.82, 2.24) is 0 Å². The van der Waals surface area contributed by atoms with Crippen LogP contribution in [0.4, 0.5) is 0 Å². The van der Waals surface area contributed by atoms with E-state index in [1.54, 1.807) is 12.1 Å². The van der Waals surface area contributed by atoms with Gasteiger partial charge < -0.3 is 10.2 Å². The first-order chi connectivity index (χ1) is 9.52. The topological polar surface area (TPSA) is 40.5 Å². The summed E-state index contributed by atoms with van der Waals surface area (Å²) < 4.78 is 0. The largest absolute Gasteiger partial charge is 0.507 e. The molecule has 2 nitrogen and oxygen atoms in total. The lowest BCUT2D eigenvalue weighted by Gasteiger charge is -2.21. The molecule has 20 heavy (non-hydrogen) atoms. The number of aromatic hydroxyl groups is 2. The van der Waals surface area contributed by atoms with Gasteiger partial charge in [-0.15, -0.1) is 0 Å². The van der Waals surface area contributed by atoms with E-state index in [-0.39, 0.29) is 0 Å². The van der Waals surface area contributed by atoms with Crippen molar-refractivity contribution in [2.45, 2.75) is 27.2 Å². The molecule has 2 rings (SSSR count). The Labute approximate surface area is 121 Å². The monoisotopic (exact) mass is 288 g/mol. The lowest BCUT2D eigenvalue weighted by Crippen LogP contribution is -2.15. The van der Waals surface area contributed by atoms with Crippen LogP contribution in [-0.4, -0.2) is 16.4 Å². The van der Waals surface area contributed by atoms with Gasteiger partial charge in [0, 0.05) is 10.6 Å². The van der Waals surface area contributed by atoms with E-state index in [1.807, 2.05) is 38.1 Å². The van der Waals surface area contributed by atoms with Gasteiger partial charge in [0.25, 0.3) is 0 Å². The Morgan fingerprint density at radius 1 is 0.850 bits per heavy atom. The third-order valence-corrected chi connectivity index (χ3v) is 6.06. The molecule has 0 radical (unpaired) electrons. The van der Waals surface area contributed by atoms with E-state index < -0.39 is 7.92 Å². The Bertz CT molecular complexity index is 556. The van der Waals surface area contributed by atoms with E-state index >= 15 is 0 Å². The van der Waals surface area contributed by atoms with Crippen molar-refractivity contribution in [2.75, 3.05) is 6.16 Å².